The Morgan fingerprint density at radius 3 is 2.63 bits per heavy atom. The molecule has 1 atom stereocenters. The average Bonchev–Trinajstić information content (AvgIpc) is 3.19. The van der Waals surface area contributed by atoms with Crippen molar-refractivity contribution in [3.05, 3.63) is 40.9 Å². The first-order chi connectivity index (χ1) is 12.6. The molecule has 3 N–H and O–H groups in total. The van der Waals surface area contributed by atoms with E-state index < -0.39 is 22.8 Å². The van der Waals surface area contributed by atoms with Crippen LogP contribution in [0.15, 0.2) is 30.3 Å². The Morgan fingerprint density at radius 1 is 1.30 bits per heavy atom. The summed E-state index contributed by atoms with van der Waals surface area (Å²) in [6.45, 7) is -0.312. The van der Waals surface area contributed by atoms with Crippen molar-refractivity contribution in [2.75, 3.05) is 22.2 Å². The summed E-state index contributed by atoms with van der Waals surface area (Å²) in [4.78, 5) is 4.48. The minimum absolute atomic E-state index is 0.154. The highest BCUT2D eigenvalue weighted by Gasteiger charge is 2.59. The maximum absolute atomic E-state index is 13.3. The minimum Gasteiger partial charge on any atom is -0.392 e. The van der Waals surface area contributed by atoms with Crippen LogP contribution in [0, 0.1) is 5.92 Å². The molecule has 6 nitrogen and oxygen atoms in total. The molecule has 1 aromatic heterocycles. The third kappa shape index (κ3) is 3.03. The number of anilines is 2. The molecule has 2 aliphatic rings. The van der Waals surface area contributed by atoms with Crippen molar-refractivity contribution in [1.29, 1.82) is 0 Å². The molecule has 1 aliphatic carbocycles. The molecule has 0 amide bonds. The molecular weight excluding hydrogens is 400 g/mol. The number of hydrogen-bond acceptors (Lipinski definition) is 6. The van der Waals surface area contributed by atoms with Crippen LogP contribution in [-0.4, -0.2) is 38.7 Å². The number of aliphatic hydroxyl groups is 1. The fraction of sp³-hybridized carbons (Fsp3) is 0.353. The van der Waals surface area contributed by atoms with Crippen LogP contribution in [0.4, 0.5) is 20.3 Å². The number of aromatic nitrogens is 1. The second-order valence-corrected chi connectivity index (χ2v) is 9.10. The quantitative estimate of drug-likeness (QED) is 0.684. The van der Waals surface area contributed by atoms with Crippen LogP contribution in [0.5, 0.6) is 0 Å². The van der Waals surface area contributed by atoms with Gasteiger partial charge < -0.3 is 5.11 Å². The fourth-order valence-electron chi connectivity index (χ4n) is 3.15. The molecule has 2 aromatic rings. The first kappa shape index (κ1) is 18.7. The van der Waals surface area contributed by atoms with Crippen LogP contribution in [0.3, 0.4) is 0 Å². The van der Waals surface area contributed by atoms with E-state index in [0.29, 0.717) is 27.5 Å². The van der Waals surface area contributed by atoms with Gasteiger partial charge in [-0.05, 0) is 40.8 Å². The molecule has 0 bridgehead atoms. The van der Waals surface area contributed by atoms with Crippen molar-refractivity contribution >= 4 is 34.1 Å². The summed E-state index contributed by atoms with van der Waals surface area (Å²) >= 11 is 6.25. The Labute approximate surface area is 161 Å². The van der Waals surface area contributed by atoms with E-state index in [-0.39, 0.29) is 25.4 Å². The van der Waals surface area contributed by atoms with Gasteiger partial charge in [0.2, 0.25) is 0 Å². The third-order valence-corrected chi connectivity index (χ3v) is 7.09. The zero-order valence-electron chi connectivity index (χ0n) is 14.3. The predicted molar refractivity (Wildman–Crippen MR) is 102 cm³/mol. The lowest BCUT2D eigenvalue weighted by molar-refractivity contribution is 0.101. The lowest BCUT2D eigenvalue weighted by Gasteiger charge is -2.41. The Morgan fingerprint density at radius 2 is 2.00 bits per heavy atom. The van der Waals surface area contributed by atoms with Crippen LogP contribution >= 0.6 is 22.6 Å². The summed E-state index contributed by atoms with van der Waals surface area (Å²) in [7, 11) is -1.99. The van der Waals surface area contributed by atoms with Gasteiger partial charge >= 0.3 is 0 Å². The first-order valence-corrected chi connectivity index (χ1v) is 10.1. The average molecular weight is 418 g/mol. The van der Waals surface area contributed by atoms with Gasteiger partial charge in [-0.3, -0.25) is 9.11 Å². The van der Waals surface area contributed by atoms with E-state index in [0.717, 1.165) is 0 Å². The number of alkyl halides is 2. The van der Waals surface area contributed by atoms with E-state index in [4.69, 9.17) is 11.6 Å². The van der Waals surface area contributed by atoms with Gasteiger partial charge in [0, 0.05) is 36.5 Å². The van der Waals surface area contributed by atoms with Crippen molar-refractivity contribution in [3.63, 3.8) is 0 Å². The molecule has 1 fully saturated rings. The highest BCUT2D eigenvalue weighted by Crippen LogP contribution is 2.62. The third-order valence-electron chi connectivity index (χ3n) is 4.92. The molecule has 0 spiro atoms. The van der Waals surface area contributed by atoms with Gasteiger partial charge in [-0.15, -0.1) is 0 Å². The molecule has 0 radical (unpaired) electrons. The summed E-state index contributed by atoms with van der Waals surface area (Å²) in [5.41, 5.74) is 2.11. The van der Waals surface area contributed by atoms with Crippen LogP contribution in [0.25, 0.3) is 11.3 Å². The number of nitrogens with zero attached hydrogens (tertiary/aromatic N) is 3. The highest BCUT2D eigenvalue weighted by molar-refractivity contribution is 8.26. The van der Waals surface area contributed by atoms with Gasteiger partial charge in [0.05, 0.1) is 12.3 Å². The van der Waals surface area contributed by atoms with Crippen molar-refractivity contribution in [1.82, 2.24) is 4.98 Å². The van der Waals surface area contributed by atoms with Crippen molar-refractivity contribution in [2.45, 2.75) is 19.0 Å². The maximum Gasteiger partial charge on any atom is 0.253 e. The smallest absolute Gasteiger partial charge is 0.253 e. The van der Waals surface area contributed by atoms with E-state index in [9.17, 15) is 23.0 Å². The number of aliphatic hydroxyl groups excluding tert-OH is 1. The predicted octanol–water partition coefficient (Wildman–Crippen LogP) is 4.39. The zero-order valence-corrected chi connectivity index (χ0v) is 15.9. The van der Waals surface area contributed by atoms with Gasteiger partial charge in [0.25, 0.3) is 5.92 Å². The Kier molecular flexibility index (Phi) is 4.28. The van der Waals surface area contributed by atoms with Crippen molar-refractivity contribution < 1.29 is 23.0 Å². The molecule has 1 saturated carbocycles. The number of fused-ring (bicyclic) bond motifs is 1. The fourth-order valence-corrected chi connectivity index (χ4v) is 4.81. The van der Waals surface area contributed by atoms with Gasteiger partial charge in [0.15, 0.2) is 5.82 Å². The normalized spacial score (nSPS) is 23.3. The molecule has 0 saturated heterocycles. The largest absolute Gasteiger partial charge is 0.392 e. The van der Waals surface area contributed by atoms with E-state index in [1.807, 2.05) is 0 Å². The van der Waals surface area contributed by atoms with Crippen molar-refractivity contribution in [2.24, 2.45) is 5.92 Å². The first-order valence-electron chi connectivity index (χ1n) is 8.23. The summed E-state index contributed by atoms with van der Waals surface area (Å²) < 4.78 is 50.1. The molecule has 4 rings (SSSR count). The van der Waals surface area contributed by atoms with E-state index in [2.05, 4.69) is 4.98 Å². The van der Waals surface area contributed by atoms with E-state index in [1.54, 1.807) is 30.3 Å². The summed E-state index contributed by atoms with van der Waals surface area (Å²) in [6.07, 6.45) is -0.257. The number of pyridine rings is 1. The molecule has 1 aliphatic heterocycles. The molecular formula is C17H18ClF2N3O3S. The molecule has 1 aromatic carbocycles. The van der Waals surface area contributed by atoms with Crippen LogP contribution in [0.2, 0.25) is 5.02 Å². The van der Waals surface area contributed by atoms with Gasteiger partial charge in [0.1, 0.15) is 5.69 Å². The second-order valence-electron chi connectivity index (χ2n) is 6.72. The Hall–Kier alpha value is -1.65. The van der Waals surface area contributed by atoms with Crippen molar-refractivity contribution in [3.8, 4) is 11.3 Å². The lowest BCUT2D eigenvalue weighted by atomic mass is 10.1. The molecule has 27 heavy (non-hydrogen) atoms. The van der Waals surface area contributed by atoms with E-state index >= 15 is 0 Å². The van der Waals surface area contributed by atoms with Gasteiger partial charge in [-0.25, -0.2) is 22.4 Å². The molecule has 10 heteroatoms. The van der Waals surface area contributed by atoms with Gasteiger partial charge in [-0.1, -0.05) is 17.7 Å². The van der Waals surface area contributed by atoms with Gasteiger partial charge in [-0.2, -0.15) is 0 Å². The Bertz CT molecular complexity index is 915. The number of rotatable bonds is 4. The molecule has 1 unspecified atom stereocenters. The standard InChI is InChI=1S/C17H18ClF2N3O3S/c1-22-16-15(23(27(22,25)26)8-11-7-17(11,19)20)5-4-14(21-16)12-6-10(9-24)2-3-13(12)18/h2-6,11,24-26H,7-9H2,1H3. The number of halogens is 3. The van der Waals surface area contributed by atoms with Crippen LogP contribution < -0.4 is 8.61 Å². The lowest BCUT2D eigenvalue weighted by Crippen LogP contribution is -2.33. The number of benzene rings is 1. The SMILES string of the molecule is CN1c2nc(-c3cc(CO)ccc3Cl)ccc2N(CC2CC2(F)F)S1(O)O. The summed E-state index contributed by atoms with van der Waals surface area (Å²) in [6, 6.07) is 8.31. The summed E-state index contributed by atoms with van der Waals surface area (Å²) in [5.74, 6) is -3.39. The minimum atomic E-state index is -3.45. The number of hydrogen-bond donors (Lipinski definition) is 3. The topological polar surface area (TPSA) is 80.1 Å². The van der Waals surface area contributed by atoms with E-state index in [1.165, 1.54) is 15.7 Å². The van der Waals surface area contributed by atoms with Crippen LogP contribution in [-0.2, 0) is 6.61 Å². The second kappa shape index (κ2) is 6.18. The van der Waals surface area contributed by atoms with Crippen LogP contribution in [0.1, 0.15) is 12.0 Å². The molecule has 2 heterocycles. The maximum atomic E-state index is 13.3. The monoisotopic (exact) mass is 417 g/mol. The molecule has 146 valence electrons. The zero-order chi connectivity index (χ0) is 19.6. The highest BCUT2D eigenvalue weighted by atomic mass is 35.5. The Balaban J connectivity index is 1.73. The summed E-state index contributed by atoms with van der Waals surface area (Å²) in [5, 5.41) is 9.76.